The van der Waals surface area contributed by atoms with Gasteiger partial charge in [-0.2, -0.15) is 0 Å². The minimum absolute atomic E-state index is 0.0162. The van der Waals surface area contributed by atoms with Gasteiger partial charge in [0.05, 0.1) is 17.3 Å². The van der Waals surface area contributed by atoms with E-state index in [0.29, 0.717) is 11.8 Å². The predicted molar refractivity (Wildman–Crippen MR) is 114 cm³/mol. The molecule has 1 aliphatic heterocycles. The maximum absolute atomic E-state index is 12.8. The number of carbonyl (C=O) groups excluding carboxylic acids is 1. The number of hydrogen-bond acceptors (Lipinski definition) is 2. The smallest absolute Gasteiger partial charge is 0.253 e. The van der Waals surface area contributed by atoms with Gasteiger partial charge in [-0.05, 0) is 49.4 Å². The van der Waals surface area contributed by atoms with Crippen molar-refractivity contribution in [3.8, 4) is 0 Å². The molecule has 4 nitrogen and oxygen atoms in total. The molecule has 28 heavy (non-hydrogen) atoms. The van der Waals surface area contributed by atoms with Crippen molar-refractivity contribution >= 4 is 22.5 Å². The van der Waals surface area contributed by atoms with E-state index < -0.39 is 0 Å². The normalized spacial score (nSPS) is 22.8. The van der Waals surface area contributed by atoms with Crippen LogP contribution in [0.3, 0.4) is 0 Å². The number of H-pyrrole nitrogens is 1. The molecule has 0 saturated heterocycles. The highest BCUT2D eigenvalue weighted by atomic mass is 16.1. The molecule has 1 aliphatic carbocycles. The summed E-state index contributed by atoms with van der Waals surface area (Å²) in [5.74, 6) is 0.772. The van der Waals surface area contributed by atoms with Gasteiger partial charge in [0.1, 0.15) is 0 Å². The zero-order valence-electron chi connectivity index (χ0n) is 16.2. The van der Waals surface area contributed by atoms with Crippen LogP contribution in [0.1, 0.15) is 53.7 Å². The highest BCUT2D eigenvalue weighted by molar-refractivity contribution is 6.01. The van der Waals surface area contributed by atoms with Crippen molar-refractivity contribution < 1.29 is 4.79 Å². The van der Waals surface area contributed by atoms with Gasteiger partial charge in [0.2, 0.25) is 0 Å². The number of nitrogens with one attached hydrogen (secondary N) is 3. The van der Waals surface area contributed by atoms with E-state index in [1.807, 2.05) is 26.0 Å². The number of amides is 1. The van der Waals surface area contributed by atoms with Crippen LogP contribution in [0.15, 0.2) is 60.8 Å². The molecule has 5 rings (SSSR count). The lowest BCUT2D eigenvalue weighted by molar-refractivity contribution is 0.0943. The number of hydrogen-bond donors (Lipinski definition) is 3. The predicted octanol–water partition coefficient (Wildman–Crippen LogP) is 5.13. The third kappa shape index (κ3) is 2.63. The SMILES string of the molecule is CC(C)NC(=O)c1cccc2c1NC(c1c[nH]c3ccccc13)C1CC=CC21. The number of rotatable bonds is 3. The van der Waals surface area contributed by atoms with E-state index in [1.54, 1.807) is 0 Å². The van der Waals surface area contributed by atoms with Crippen LogP contribution in [-0.2, 0) is 0 Å². The average molecular weight is 371 g/mol. The Balaban J connectivity index is 1.62. The minimum atomic E-state index is -0.0162. The Bertz CT molecular complexity index is 1080. The first-order chi connectivity index (χ1) is 13.6. The van der Waals surface area contributed by atoms with Crippen LogP contribution >= 0.6 is 0 Å². The summed E-state index contributed by atoms with van der Waals surface area (Å²) in [5.41, 5.74) is 5.36. The van der Waals surface area contributed by atoms with E-state index in [-0.39, 0.29) is 18.0 Å². The maximum Gasteiger partial charge on any atom is 0.253 e. The van der Waals surface area contributed by atoms with Crippen molar-refractivity contribution in [3.05, 3.63) is 77.5 Å². The van der Waals surface area contributed by atoms with Crippen molar-refractivity contribution in [1.29, 1.82) is 0 Å². The first kappa shape index (κ1) is 17.1. The van der Waals surface area contributed by atoms with Gasteiger partial charge in [-0.3, -0.25) is 4.79 Å². The van der Waals surface area contributed by atoms with E-state index in [4.69, 9.17) is 0 Å². The number of allylic oxidation sites excluding steroid dienone is 2. The summed E-state index contributed by atoms with van der Waals surface area (Å²) in [4.78, 5) is 16.3. The maximum atomic E-state index is 12.8. The second-order valence-corrected chi connectivity index (χ2v) is 8.16. The van der Waals surface area contributed by atoms with Crippen molar-refractivity contribution in [2.45, 2.75) is 38.3 Å². The topological polar surface area (TPSA) is 56.9 Å². The third-order valence-corrected chi connectivity index (χ3v) is 6.02. The van der Waals surface area contributed by atoms with Crippen molar-refractivity contribution in [1.82, 2.24) is 10.3 Å². The zero-order chi connectivity index (χ0) is 19.3. The molecule has 0 bridgehead atoms. The molecule has 1 amide bonds. The molecular formula is C24H25N3O. The van der Waals surface area contributed by atoms with Crippen molar-refractivity contribution in [3.63, 3.8) is 0 Å². The number of aromatic amines is 1. The van der Waals surface area contributed by atoms with Gasteiger partial charge in [-0.15, -0.1) is 0 Å². The highest BCUT2D eigenvalue weighted by Gasteiger charge is 2.40. The summed E-state index contributed by atoms with van der Waals surface area (Å²) < 4.78 is 0. The monoisotopic (exact) mass is 371 g/mol. The van der Waals surface area contributed by atoms with Crippen LogP contribution in [0.25, 0.3) is 10.9 Å². The van der Waals surface area contributed by atoms with E-state index in [0.717, 1.165) is 23.2 Å². The van der Waals surface area contributed by atoms with Crippen LogP contribution < -0.4 is 10.6 Å². The van der Waals surface area contributed by atoms with Gasteiger partial charge in [0.25, 0.3) is 5.91 Å². The number of aromatic nitrogens is 1. The quantitative estimate of drug-likeness (QED) is 0.559. The molecule has 0 spiro atoms. The summed E-state index contributed by atoms with van der Waals surface area (Å²) >= 11 is 0. The average Bonchev–Trinajstić information content (AvgIpc) is 3.34. The van der Waals surface area contributed by atoms with Gasteiger partial charge in [-0.25, -0.2) is 0 Å². The van der Waals surface area contributed by atoms with Crippen LogP contribution in [-0.4, -0.2) is 16.9 Å². The summed E-state index contributed by atoms with van der Waals surface area (Å²) in [6.07, 6.45) is 7.77. The summed E-state index contributed by atoms with van der Waals surface area (Å²) in [7, 11) is 0. The molecule has 142 valence electrons. The van der Waals surface area contributed by atoms with Gasteiger partial charge >= 0.3 is 0 Å². The van der Waals surface area contributed by atoms with Crippen LogP contribution in [0, 0.1) is 5.92 Å². The lowest BCUT2D eigenvalue weighted by atomic mass is 9.76. The van der Waals surface area contributed by atoms with Crippen molar-refractivity contribution in [2.75, 3.05) is 5.32 Å². The number of benzene rings is 2. The molecule has 3 unspecified atom stereocenters. The van der Waals surface area contributed by atoms with Gasteiger partial charge in [-0.1, -0.05) is 42.5 Å². The second-order valence-electron chi connectivity index (χ2n) is 8.16. The Morgan fingerprint density at radius 3 is 2.82 bits per heavy atom. The molecule has 2 aromatic carbocycles. The number of para-hydroxylation sites is 2. The molecule has 2 heterocycles. The van der Waals surface area contributed by atoms with E-state index in [1.165, 1.54) is 16.5 Å². The standard InChI is InChI=1S/C24H25N3O/c1-14(2)26-24(28)19-11-6-10-17-15-8-5-9-18(15)23(27-22(17)19)20-13-25-21-12-4-3-7-16(20)21/h3-8,10-15,18,23,25,27H,9H2,1-2H3,(H,26,28). The third-order valence-electron chi connectivity index (χ3n) is 6.02. The Morgan fingerprint density at radius 2 is 1.96 bits per heavy atom. The fourth-order valence-corrected chi connectivity index (χ4v) is 4.81. The largest absolute Gasteiger partial charge is 0.377 e. The van der Waals surface area contributed by atoms with Crippen LogP contribution in [0.2, 0.25) is 0 Å². The lowest BCUT2D eigenvalue weighted by Gasteiger charge is -2.38. The van der Waals surface area contributed by atoms with E-state index >= 15 is 0 Å². The first-order valence-electron chi connectivity index (χ1n) is 10.1. The molecule has 3 aromatic rings. The number of carbonyl (C=O) groups is 1. The first-order valence-corrected chi connectivity index (χ1v) is 10.1. The van der Waals surface area contributed by atoms with E-state index in [9.17, 15) is 4.79 Å². The second kappa shape index (κ2) is 6.55. The number of fused-ring (bicyclic) bond motifs is 4. The summed E-state index contributed by atoms with van der Waals surface area (Å²) in [6.45, 7) is 3.98. The fourth-order valence-electron chi connectivity index (χ4n) is 4.81. The molecule has 1 aromatic heterocycles. The van der Waals surface area contributed by atoms with Crippen LogP contribution in [0.5, 0.6) is 0 Å². The lowest BCUT2D eigenvalue weighted by Crippen LogP contribution is -2.34. The van der Waals surface area contributed by atoms with Crippen molar-refractivity contribution in [2.24, 2.45) is 5.92 Å². The Labute approximate surface area is 165 Å². The number of anilines is 1. The molecule has 4 heteroatoms. The molecule has 3 atom stereocenters. The molecule has 2 aliphatic rings. The fraction of sp³-hybridized carbons (Fsp3) is 0.292. The molecule has 0 fully saturated rings. The van der Waals surface area contributed by atoms with Gasteiger partial charge in [0.15, 0.2) is 0 Å². The van der Waals surface area contributed by atoms with Gasteiger partial charge < -0.3 is 15.6 Å². The molecule has 0 saturated carbocycles. The highest BCUT2D eigenvalue weighted by Crippen LogP contribution is 2.51. The molecule has 0 radical (unpaired) electrons. The Hall–Kier alpha value is -3.01. The molecular weight excluding hydrogens is 346 g/mol. The van der Waals surface area contributed by atoms with Gasteiger partial charge in [0, 0.05) is 29.1 Å². The summed E-state index contributed by atoms with van der Waals surface area (Å²) in [6, 6.07) is 14.8. The van der Waals surface area contributed by atoms with Crippen LogP contribution in [0.4, 0.5) is 5.69 Å². The molecule has 3 N–H and O–H groups in total. The minimum Gasteiger partial charge on any atom is -0.377 e. The Morgan fingerprint density at radius 1 is 1.11 bits per heavy atom. The Kier molecular flexibility index (Phi) is 4.00. The summed E-state index contributed by atoms with van der Waals surface area (Å²) in [5, 5.41) is 8.06. The zero-order valence-corrected chi connectivity index (χ0v) is 16.2. The van der Waals surface area contributed by atoms with E-state index in [2.05, 4.69) is 64.3 Å².